The van der Waals surface area contributed by atoms with Crippen LogP contribution in [0, 0.1) is 5.92 Å². The summed E-state index contributed by atoms with van der Waals surface area (Å²) in [7, 11) is 0. The number of nitrogens with one attached hydrogen (secondary N) is 1. The van der Waals surface area contributed by atoms with Gasteiger partial charge in [-0.05, 0) is 30.9 Å². The fraction of sp³-hybridized carbons (Fsp3) is 0.538. The van der Waals surface area contributed by atoms with Crippen molar-refractivity contribution >= 4 is 11.8 Å². The van der Waals surface area contributed by atoms with Gasteiger partial charge in [-0.25, -0.2) is 0 Å². The highest BCUT2D eigenvalue weighted by Crippen LogP contribution is 2.15. The summed E-state index contributed by atoms with van der Waals surface area (Å²) in [5.41, 5.74) is 0. The van der Waals surface area contributed by atoms with Crippen LogP contribution in [0.15, 0.2) is 22.8 Å². The minimum absolute atomic E-state index is 0.252. The number of carbonyl (C=O) groups is 2. The summed E-state index contributed by atoms with van der Waals surface area (Å²) in [6, 6.07) is 3.50. The molecule has 0 aromatic carbocycles. The molecule has 1 aromatic heterocycles. The van der Waals surface area contributed by atoms with Gasteiger partial charge in [-0.1, -0.05) is 6.92 Å². The smallest absolute Gasteiger partial charge is 0.311 e. The summed E-state index contributed by atoms with van der Waals surface area (Å²) in [5.74, 6) is 0.290. The molecule has 0 saturated carbocycles. The Morgan fingerprint density at radius 2 is 2.17 bits per heavy atom. The van der Waals surface area contributed by atoms with Crippen molar-refractivity contribution in [2.45, 2.75) is 26.3 Å². The van der Waals surface area contributed by atoms with E-state index in [4.69, 9.17) is 4.42 Å². The zero-order valence-electron chi connectivity index (χ0n) is 10.5. The molecule has 0 aliphatic carbocycles. The van der Waals surface area contributed by atoms with E-state index >= 15 is 0 Å². The third kappa shape index (κ3) is 3.12. The maximum Gasteiger partial charge on any atom is 0.311 e. The Labute approximate surface area is 106 Å². The largest absolute Gasteiger partial charge is 0.467 e. The van der Waals surface area contributed by atoms with Gasteiger partial charge in [0.05, 0.1) is 12.8 Å². The van der Waals surface area contributed by atoms with E-state index in [0.717, 1.165) is 12.8 Å². The van der Waals surface area contributed by atoms with Crippen molar-refractivity contribution < 1.29 is 14.0 Å². The molecule has 1 fully saturated rings. The number of nitrogens with zero attached hydrogens (tertiary/aromatic N) is 1. The lowest BCUT2D eigenvalue weighted by Crippen LogP contribution is -2.46. The van der Waals surface area contributed by atoms with Gasteiger partial charge < -0.3 is 14.6 Å². The van der Waals surface area contributed by atoms with E-state index in [0.29, 0.717) is 24.8 Å². The zero-order chi connectivity index (χ0) is 13.0. The number of amides is 2. The van der Waals surface area contributed by atoms with Crippen LogP contribution in [0.5, 0.6) is 0 Å². The molecule has 5 nitrogen and oxygen atoms in total. The van der Waals surface area contributed by atoms with Crippen molar-refractivity contribution in [3.63, 3.8) is 0 Å². The number of hydrogen-bond donors (Lipinski definition) is 1. The molecule has 18 heavy (non-hydrogen) atoms. The maximum absolute atomic E-state index is 11.8. The number of likely N-dealkylation sites (tertiary alicyclic amines) is 1. The molecule has 0 radical (unpaired) electrons. The number of hydrogen-bond acceptors (Lipinski definition) is 3. The Bertz CT molecular complexity index is 406. The molecule has 2 amide bonds. The normalized spacial score (nSPS) is 16.6. The molecule has 2 rings (SSSR count). The van der Waals surface area contributed by atoms with Crippen molar-refractivity contribution in [2.75, 3.05) is 13.1 Å². The van der Waals surface area contributed by atoms with Crippen LogP contribution in [0.2, 0.25) is 0 Å². The van der Waals surface area contributed by atoms with Gasteiger partial charge in [0.15, 0.2) is 0 Å². The van der Waals surface area contributed by atoms with Gasteiger partial charge in [-0.2, -0.15) is 0 Å². The van der Waals surface area contributed by atoms with E-state index in [1.54, 1.807) is 17.0 Å². The Morgan fingerprint density at radius 3 is 2.78 bits per heavy atom. The molecule has 5 heteroatoms. The molecule has 1 N–H and O–H groups in total. The number of rotatable bonds is 2. The van der Waals surface area contributed by atoms with E-state index in [-0.39, 0.29) is 6.54 Å². The predicted molar refractivity (Wildman–Crippen MR) is 65.5 cm³/mol. The Kier molecular flexibility index (Phi) is 4.02. The van der Waals surface area contributed by atoms with E-state index < -0.39 is 11.8 Å². The van der Waals surface area contributed by atoms with E-state index in [9.17, 15) is 9.59 Å². The highest BCUT2D eigenvalue weighted by molar-refractivity contribution is 6.34. The summed E-state index contributed by atoms with van der Waals surface area (Å²) in [5, 5.41) is 2.57. The quantitative estimate of drug-likeness (QED) is 0.801. The second-order valence-electron chi connectivity index (χ2n) is 4.74. The summed E-state index contributed by atoms with van der Waals surface area (Å²) < 4.78 is 5.08. The molecule has 0 atom stereocenters. The molecular formula is C13H18N2O3. The van der Waals surface area contributed by atoms with Gasteiger partial charge in [0, 0.05) is 13.1 Å². The van der Waals surface area contributed by atoms with Crippen LogP contribution < -0.4 is 5.32 Å². The number of piperidine rings is 1. The molecule has 1 aliphatic rings. The highest BCUT2D eigenvalue weighted by Gasteiger charge is 2.25. The second-order valence-corrected chi connectivity index (χ2v) is 4.74. The summed E-state index contributed by atoms with van der Waals surface area (Å²) >= 11 is 0. The van der Waals surface area contributed by atoms with Crippen molar-refractivity contribution in [3.8, 4) is 0 Å². The van der Waals surface area contributed by atoms with Crippen LogP contribution in [0.3, 0.4) is 0 Å². The third-order valence-corrected chi connectivity index (χ3v) is 3.27. The fourth-order valence-corrected chi connectivity index (χ4v) is 2.01. The summed E-state index contributed by atoms with van der Waals surface area (Å²) in [4.78, 5) is 25.1. The predicted octanol–water partition coefficient (Wildman–Crippen LogP) is 1.15. The molecule has 1 saturated heterocycles. The van der Waals surface area contributed by atoms with Crippen molar-refractivity contribution in [1.82, 2.24) is 10.2 Å². The lowest BCUT2D eigenvalue weighted by molar-refractivity contribution is -0.146. The van der Waals surface area contributed by atoms with Gasteiger partial charge >= 0.3 is 11.8 Å². The van der Waals surface area contributed by atoms with Gasteiger partial charge in [-0.15, -0.1) is 0 Å². The van der Waals surface area contributed by atoms with Crippen molar-refractivity contribution in [3.05, 3.63) is 24.2 Å². The Morgan fingerprint density at radius 1 is 1.44 bits per heavy atom. The van der Waals surface area contributed by atoms with Crippen LogP contribution >= 0.6 is 0 Å². The Hall–Kier alpha value is -1.78. The molecule has 0 unspecified atom stereocenters. The molecule has 1 aromatic rings. The summed E-state index contributed by atoms with van der Waals surface area (Å²) in [6.45, 7) is 3.77. The van der Waals surface area contributed by atoms with Crippen LogP contribution in [-0.2, 0) is 16.1 Å². The average molecular weight is 250 g/mol. The monoisotopic (exact) mass is 250 g/mol. The number of furan rings is 1. The van der Waals surface area contributed by atoms with Crippen LogP contribution in [-0.4, -0.2) is 29.8 Å². The van der Waals surface area contributed by atoms with Gasteiger partial charge in [0.2, 0.25) is 0 Å². The molecule has 98 valence electrons. The van der Waals surface area contributed by atoms with E-state index in [2.05, 4.69) is 12.2 Å². The first-order chi connectivity index (χ1) is 8.66. The molecule has 0 bridgehead atoms. The standard InChI is InChI=1S/C13H18N2O3/c1-10-4-6-15(7-5-10)13(17)12(16)14-9-11-3-2-8-18-11/h2-3,8,10H,4-7,9H2,1H3,(H,14,16). The molecule has 2 heterocycles. The maximum atomic E-state index is 11.8. The second kappa shape index (κ2) is 5.71. The highest BCUT2D eigenvalue weighted by atomic mass is 16.3. The summed E-state index contributed by atoms with van der Waals surface area (Å²) in [6.07, 6.45) is 3.48. The van der Waals surface area contributed by atoms with Crippen molar-refractivity contribution in [1.29, 1.82) is 0 Å². The average Bonchev–Trinajstić information content (AvgIpc) is 2.89. The lowest BCUT2D eigenvalue weighted by atomic mass is 9.99. The van der Waals surface area contributed by atoms with Gasteiger partial charge in [0.25, 0.3) is 0 Å². The number of carbonyl (C=O) groups excluding carboxylic acids is 2. The first-order valence-electron chi connectivity index (χ1n) is 6.26. The first kappa shape index (κ1) is 12.7. The minimum atomic E-state index is -0.555. The van der Waals surface area contributed by atoms with Crippen LogP contribution in [0.25, 0.3) is 0 Å². The third-order valence-electron chi connectivity index (χ3n) is 3.27. The van der Waals surface area contributed by atoms with Crippen LogP contribution in [0.1, 0.15) is 25.5 Å². The van der Waals surface area contributed by atoms with E-state index in [1.165, 1.54) is 6.26 Å². The van der Waals surface area contributed by atoms with E-state index in [1.807, 2.05) is 0 Å². The topological polar surface area (TPSA) is 62.6 Å². The minimum Gasteiger partial charge on any atom is -0.467 e. The molecule has 0 spiro atoms. The lowest BCUT2D eigenvalue weighted by Gasteiger charge is -2.29. The SMILES string of the molecule is CC1CCN(C(=O)C(=O)NCc2ccco2)CC1. The van der Waals surface area contributed by atoms with Crippen LogP contribution in [0.4, 0.5) is 0 Å². The van der Waals surface area contributed by atoms with Crippen molar-refractivity contribution in [2.24, 2.45) is 5.92 Å². The fourth-order valence-electron chi connectivity index (χ4n) is 2.01. The van der Waals surface area contributed by atoms with Gasteiger partial charge in [0.1, 0.15) is 5.76 Å². The zero-order valence-corrected chi connectivity index (χ0v) is 10.5. The van der Waals surface area contributed by atoms with Gasteiger partial charge in [-0.3, -0.25) is 9.59 Å². The molecular weight excluding hydrogens is 232 g/mol. The molecule has 1 aliphatic heterocycles. The first-order valence-corrected chi connectivity index (χ1v) is 6.26. The Balaban J connectivity index is 1.79.